The van der Waals surface area contributed by atoms with Gasteiger partial charge in [-0.05, 0) is 94.2 Å². The standard InChI is InChI=1S/C44H45BrFN7O8/c1-41(22-34(47)54)24-7-11-26(12-8-24)43(41,37(56)49-39(58)59)51-19-3-5-31(51)33-21-30(45)36(53(33)29-17-15-28(46)16-18-29)32-6-4-20-52(32)44(38(57)50-40(60)61)27-13-9-25(10-14-27)42(44,2)23-35(48)55/h7-18,21,31-32H,3-6,19-20,22-23H2,1-2H3,(H2,47,54)(H2,48,55)(H,49,56)(H,50,57)(H,58,59)(H,60,61)/t31?,32?,41?,42?,43-,44-/m1/s1. The molecule has 4 aromatic rings. The number of hydrogen-bond acceptors (Lipinski definition) is 8. The number of nitrogens with one attached hydrogen (secondary N) is 2. The van der Waals surface area contributed by atoms with Gasteiger partial charge in [0.25, 0.3) is 11.8 Å². The zero-order valence-corrected chi connectivity index (χ0v) is 35.0. The predicted octanol–water partition coefficient (Wildman–Crippen LogP) is 5.33. The molecule has 4 bridgehead atoms. The Morgan fingerprint density at radius 3 is 1.52 bits per heavy atom. The SMILES string of the molecule is CC1(CC(N)=O)c2ccc(cc2)[C@]1(C(=O)NC(=O)O)N1CCCC1c1cc(Br)c(C2CCCN2[C@@]2(C(=O)NC(=O)O)c3ccc(cc3)C2(C)CC(N)=O)n1-c1ccc(F)cc1. The molecule has 6 amide bonds. The third-order valence-electron chi connectivity index (χ3n) is 13.8. The van der Waals surface area contributed by atoms with Gasteiger partial charge < -0.3 is 26.2 Å². The van der Waals surface area contributed by atoms with E-state index in [0.29, 0.717) is 82.6 Å². The van der Waals surface area contributed by atoms with E-state index in [9.17, 15) is 43.4 Å². The van der Waals surface area contributed by atoms with E-state index in [1.165, 1.54) is 12.1 Å². The Balaban J connectivity index is 1.36. The molecule has 6 aliphatic rings. The van der Waals surface area contributed by atoms with Gasteiger partial charge in [0.05, 0.1) is 17.8 Å². The number of imide groups is 2. The van der Waals surface area contributed by atoms with Gasteiger partial charge in [0.2, 0.25) is 11.8 Å². The van der Waals surface area contributed by atoms with Gasteiger partial charge in [0, 0.05) is 52.6 Å². The van der Waals surface area contributed by atoms with Gasteiger partial charge >= 0.3 is 12.2 Å². The van der Waals surface area contributed by atoms with Crippen molar-refractivity contribution < 1.29 is 43.4 Å². The van der Waals surface area contributed by atoms with Gasteiger partial charge in [0.15, 0.2) is 0 Å². The van der Waals surface area contributed by atoms with Gasteiger partial charge in [-0.2, -0.15) is 0 Å². The molecule has 318 valence electrons. The van der Waals surface area contributed by atoms with Crippen LogP contribution in [0.2, 0.25) is 0 Å². The van der Waals surface area contributed by atoms with Gasteiger partial charge in [0.1, 0.15) is 16.9 Å². The highest BCUT2D eigenvalue weighted by Crippen LogP contribution is 2.60. The maximum absolute atomic E-state index is 14.8. The molecule has 17 heteroatoms. The number of hydrogen-bond donors (Lipinski definition) is 6. The Morgan fingerprint density at radius 2 is 1.10 bits per heavy atom. The summed E-state index contributed by atoms with van der Waals surface area (Å²) in [7, 11) is 0. The van der Waals surface area contributed by atoms with Gasteiger partial charge in [-0.1, -0.05) is 62.4 Å². The second-order valence-electron chi connectivity index (χ2n) is 16.9. The number of amides is 6. The molecule has 3 aromatic carbocycles. The van der Waals surface area contributed by atoms with Crippen molar-refractivity contribution in [3.8, 4) is 5.69 Å². The van der Waals surface area contributed by atoms with Crippen LogP contribution in [0, 0.1) is 5.82 Å². The van der Waals surface area contributed by atoms with Crippen molar-refractivity contribution in [2.24, 2.45) is 11.5 Å². The summed E-state index contributed by atoms with van der Waals surface area (Å²) >= 11 is 3.87. The fraction of sp³-hybridized carbons (Fsp3) is 0.364. The molecule has 0 saturated carbocycles. The zero-order valence-electron chi connectivity index (χ0n) is 33.4. The quantitative estimate of drug-likeness (QED) is 0.113. The number of rotatable bonds is 11. The van der Waals surface area contributed by atoms with Crippen LogP contribution in [0.3, 0.4) is 0 Å². The highest BCUT2D eigenvalue weighted by molar-refractivity contribution is 9.10. The number of carbonyl (C=O) groups excluding carboxylic acids is 4. The summed E-state index contributed by atoms with van der Waals surface area (Å²) in [5.41, 5.74) is 9.63. The van der Waals surface area contributed by atoms with E-state index in [-0.39, 0.29) is 12.8 Å². The lowest BCUT2D eigenvalue weighted by Gasteiger charge is -2.56. The van der Waals surface area contributed by atoms with Crippen molar-refractivity contribution in [2.45, 2.75) is 86.4 Å². The summed E-state index contributed by atoms with van der Waals surface area (Å²) in [6.07, 6.45) is -1.64. The lowest BCUT2D eigenvalue weighted by Crippen LogP contribution is -2.68. The third kappa shape index (κ3) is 6.02. The number of carboxylic acid groups (broad SMARTS) is 2. The number of nitrogens with two attached hydrogens (primary N) is 2. The van der Waals surface area contributed by atoms with Crippen molar-refractivity contribution in [1.82, 2.24) is 25.0 Å². The summed E-state index contributed by atoms with van der Waals surface area (Å²) in [4.78, 5) is 83.8. The number of benzene rings is 3. The van der Waals surface area contributed by atoms with Crippen LogP contribution in [0.4, 0.5) is 14.0 Å². The highest BCUT2D eigenvalue weighted by atomic mass is 79.9. The average Bonchev–Trinajstić information content (AvgIpc) is 3.94. The highest BCUT2D eigenvalue weighted by Gasteiger charge is 2.66. The summed E-state index contributed by atoms with van der Waals surface area (Å²) in [6, 6.07) is 20.7. The van der Waals surface area contributed by atoms with E-state index >= 15 is 0 Å². The second kappa shape index (κ2) is 14.9. The van der Waals surface area contributed by atoms with Crippen LogP contribution in [0.15, 0.2) is 83.3 Å². The molecule has 15 nitrogen and oxygen atoms in total. The molecule has 6 atom stereocenters. The van der Waals surface area contributed by atoms with Crippen LogP contribution in [0.5, 0.6) is 0 Å². The van der Waals surface area contributed by atoms with Gasteiger partial charge in [-0.15, -0.1) is 0 Å². The lowest BCUT2D eigenvalue weighted by atomic mass is 9.56. The van der Waals surface area contributed by atoms with Crippen LogP contribution >= 0.6 is 15.9 Å². The minimum atomic E-state index is -1.75. The van der Waals surface area contributed by atoms with E-state index in [0.717, 1.165) is 0 Å². The van der Waals surface area contributed by atoms with E-state index in [1.807, 2.05) is 20.4 Å². The second-order valence-corrected chi connectivity index (χ2v) is 17.7. The summed E-state index contributed by atoms with van der Waals surface area (Å²) in [5, 5.41) is 24.2. The summed E-state index contributed by atoms with van der Waals surface area (Å²) in [6.45, 7) is 4.10. The van der Waals surface area contributed by atoms with Gasteiger partial charge in [-0.3, -0.25) is 39.6 Å². The lowest BCUT2D eigenvalue weighted by molar-refractivity contribution is -0.144. The maximum atomic E-state index is 14.8. The molecule has 10 rings (SSSR count). The van der Waals surface area contributed by atoms with Gasteiger partial charge in [-0.25, -0.2) is 14.0 Å². The zero-order chi connectivity index (χ0) is 43.8. The number of aromatic nitrogens is 1. The van der Waals surface area contributed by atoms with E-state index in [4.69, 9.17) is 11.5 Å². The molecule has 2 fully saturated rings. The largest absolute Gasteiger partial charge is 0.465 e. The fourth-order valence-corrected chi connectivity index (χ4v) is 12.3. The van der Waals surface area contributed by atoms with Crippen molar-refractivity contribution in [3.05, 3.63) is 123 Å². The average molecular weight is 899 g/mol. The first kappa shape index (κ1) is 41.8. The Kier molecular flexibility index (Phi) is 10.2. The number of nitrogens with zero attached hydrogens (tertiary/aromatic N) is 3. The molecule has 2 saturated heterocycles. The van der Waals surface area contributed by atoms with E-state index < -0.39 is 75.6 Å². The number of likely N-dealkylation sites (tertiary alicyclic amines) is 2. The Bertz CT molecular complexity index is 2500. The smallest absolute Gasteiger partial charge is 0.411 e. The van der Waals surface area contributed by atoms with Crippen LogP contribution in [-0.4, -0.2) is 73.5 Å². The van der Waals surface area contributed by atoms with Crippen LogP contribution in [-0.2, 0) is 41.1 Å². The van der Waals surface area contributed by atoms with Crippen LogP contribution < -0.4 is 22.1 Å². The Hall–Kier alpha value is -5.91. The molecule has 3 heterocycles. The molecular formula is C44H45BrFN7O8. The summed E-state index contributed by atoms with van der Waals surface area (Å²) in [5.74, 6) is -3.56. The molecule has 0 spiro atoms. The first-order valence-electron chi connectivity index (χ1n) is 20.0. The molecule has 0 radical (unpaired) electrons. The first-order valence-corrected chi connectivity index (χ1v) is 20.8. The number of fused-ring (bicyclic) bond motifs is 6. The molecular weight excluding hydrogens is 853 g/mol. The molecule has 1 aromatic heterocycles. The third-order valence-corrected chi connectivity index (χ3v) is 14.4. The maximum Gasteiger partial charge on any atom is 0.411 e. The Morgan fingerprint density at radius 1 is 0.689 bits per heavy atom. The molecule has 8 N–H and O–H groups in total. The molecule has 4 aliphatic carbocycles. The molecule has 4 unspecified atom stereocenters. The minimum absolute atomic E-state index is 0.285. The minimum Gasteiger partial charge on any atom is -0.465 e. The van der Waals surface area contributed by atoms with Crippen molar-refractivity contribution in [1.29, 1.82) is 0 Å². The van der Waals surface area contributed by atoms with E-state index in [1.54, 1.807) is 74.5 Å². The van der Waals surface area contributed by atoms with Crippen molar-refractivity contribution >= 4 is 51.7 Å². The fourth-order valence-electron chi connectivity index (χ4n) is 11.6. The predicted molar refractivity (Wildman–Crippen MR) is 222 cm³/mol. The number of carbonyl (C=O) groups is 6. The topological polar surface area (TPSA) is 230 Å². The molecule has 61 heavy (non-hydrogen) atoms. The normalized spacial score (nSPS) is 27.9. The monoisotopic (exact) mass is 897 g/mol. The number of primary amides is 2. The molecule has 2 aliphatic heterocycles. The van der Waals surface area contributed by atoms with Crippen molar-refractivity contribution in [3.63, 3.8) is 0 Å². The number of halogens is 2. The van der Waals surface area contributed by atoms with Crippen LogP contribution in [0.1, 0.15) is 98.1 Å². The Labute approximate surface area is 358 Å². The van der Waals surface area contributed by atoms with Crippen molar-refractivity contribution in [2.75, 3.05) is 13.1 Å². The first-order chi connectivity index (χ1) is 28.9. The van der Waals surface area contributed by atoms with Crippen LogP contribution in [0.25, 0.3) is 5.69 Å². The summed E-state index contributed by atoms with van der Waals surface area (Å²) < 4.78 is 17.3. The van der Waals surface area contributed by atoms with E-state index in [2.05, 4.69) is 26.6 Å².